The molecule has 5 nitrogen and oxygen atoms in total. The quantitative estimate of drug-likeness (QED) is 0.604. The van der Waals surface area contributed by atoms with Crippen molar-refractivity contribution >= 4 is 12.4 Å². The molecule has 0 aliphatic carbocycles. The first-order valence-corrected chi connectivity index (χ1v) is 5.83. The summed E-state index contributed by atoms with van der Waals surface area (Å²) in [6, 6.07) is 6.66. The number of hydrogen-bond acceptors (Lipinski definition) is 5. The number of esters is 1. The Hall–Kier alpha value is -2.04. The highest BCUT2D eigenvalue weighted by Gasteiger charge is 2.28. The van der Waals surface area contributed by atoms with Crippen molar-refractivity contribution in [2.75, 3.05) is 7.11 Å². The molecule has 1 aromatic carbocycles. The largest absolute Gasteiger partial charge is 0.497 e. The summed E-state index contributed by atoms with van der Waals surface area (Å²) in [5.74, 6) is 0.0440. The average molecular weight is 266 g/mol. The smallest absolute Gasteiger partial charge is 0.352 e. The summed E-state index contributed by atoms with van der Waals surface area (Å²) in [5.41, 5.74) is -0.115. The molecule has 0 bridgehead atoms. The number of rotatable bonds is 5. The summed E-state index contributed by atoms with van der Waals surface area (Å²) in [4.78, 5) is 22.5. The molecular weight excluding hydrogens is 248 g/mol. The summed E-state index contributed by atoms with van der Waals surface area (Å²) < 4.78 is 15.0. The Balaban J connectivity index is 2.92. The predicted octanol–water partition coefficient (Wildman–Crippen LogP) is 2.25. The highest BCUT2D eigenvalue weighted by atomic mass is 16.6. The van der Waals surface area contributed by atoms with E-state index in [0.29, 0.717) is 11.3 Å². The van der Waals surface area contributed by atoms with E-state index in [1.165, 1.54) is 0 Å². The van der Waals surface area contributed by atoms with Gasteiger partial charge in [-0.25, -0.2) is 4.79 Å². The van der Waals surface area contributed by atoms with Crippen molar-refractivity contribution in [2.24, 2.45) is 0 Å². The van der Waals surface area contributed by atoms with Gasteiger partial charge in [-0.2, -0.15) is 0 Å². The van der Waals surface area contributed by atoms with Crippen molar-refractivity contribution < 1.29 is 23.8 Å². The van der Waals surface area contributed by atoms with Crippen LogP contribution in [-0.2, 0) is 19.1 Å². The van der Waals surface area contributed by atoms with E-state index in [1.807, 2.05) is 0 Å². The lowest BCUT2D eigenvalue weighted by Crippen LogP contribution is -2.28. The van der Waals surface area contributed by atoms with Crippen LogP contribution in [0.25, 0.3) is 0 Å². The third-order valence-corrected chi connectivity index (χ3v) is 2.23. The van der Waals surface area contributed by atoms with Crippen LogP contribution < -0.4 is 4.74 Å². The lowest BCUT2D eigenvalue weighted by molar-refractivity contribution is -0.171. The first kappa shape index (κ1) is 15.0. The van der Waals surface area contributed by atoms with E-state index >= 15 is 0 Å². The van der Waals surface area contributed by atoms with Crippen molar-refractivity contribution in [1.29, 1.82) is 0 Å². The first-order valence-electron chi connectivity index (χ1n) is 5.83. The van der Waals surface area contributed by atoms with Crippen molar-refractivity contribution in [3.63, 3.8) is 0 Å². The van der Waals surface area contributed by atoms with Gasteiger partial charge in [0.2, 0.25) is 6.10 Å². The van der Waals surface area contributed by atoms with E-state index in [2.05, 4.69) is 0 Å². The van der Waals surface area contributed by atoms with Crippen LogP contribution >= 0.6 is 0 Å². The van der Waals surface area contributed by atoms with Gasteiger partial charge in [0.05, 0.1) is 7.11 Å². The lowest BCUT2D eigenvalue weighted by Gasteiger charge is -2.23. The molecule has 1 unspecified atom stereocenters. The molecule has 0 radical (unpaired) electrons. The second-order valence-electron chi connectivity index (χ2n) is 4.92. The molecule has 1 aromatic rings. The van der Waals surface area contributed by atoms with Crippen LogP contribution in [0, 0.1) is 0 Å². The predicted molar refractivity (Wildman–Crippen MR) is 68.7 cm³/mol. The van der Waals surface area contributed by atoms with Crippen molar-refractivity contribution in [3.05, 3.63) is 29.8 Å². The molecule has 0 fully saturated rings. The molecule has 0 heterocycles. The molecular formula is C14H18O5. The number of methoxy groups -OCH3 is 1. The van der Waals surface area contributed by atoms with Gasteiger partial charge >= 0.3 is 5.97 Å². The fourth-order valence-electron chi connectivity index (χ4n) is 1.46. The maximum atomic E-state index is 12.0. The minimum absolute atomic E-state index is 0.235. The highest BCUT2D eigenvalue weighted by molar-refractivity contribution is 5.78. The summed E-state index contributed by atoms with van der Waals surface area (Å²) in [7, 11) is 1.54. The van der Waals surface area contributed by atoms with Crippen molar-refractivity contribution in [3.8, 4) is 5.75 Å². The average Bonchev–Trinajstić information content (AvgIpc) is 2.34. The van der Waals surface area contributed by atoms with Crippen LogP contribution in [0.3, 0.4) is 0 Å². The van der Waals surface area contributed by atoms with Gasteiger partial charge in [-0.05, 0) is 32.9 Å². The van der Waals surface area contributed by atoms with Crippen LogP contribution in [0.15, 0.2) is 24.3 Å². The molecule has 0 aliphatic rings. The number of benzene rings is 1. The minimum Gasteiger partial charge on any atom is -0.497 e. The Morgan fingerprint density at radius 2 is 1.79 bits per heavy atom. The van der Waals surface area contributed by atoms with E-state index < -0.39 is 17.7 Å². The Bertz CT molecular complexity index is 430. The maximum Gasteiger partial charge on any atom is 0.352 e. The molecule has 19 heavy (non-hydrogen) atoms. The number of ether oxygens (including phenoxy) is 3. The molecule has 0 N–H and O–H groups in total. The highest BCUT2D eigenvalue weighted by Crippen LogP contribution is 2.23. The van der Waals surface area contributed by atoms with Crippen LogP contribution in [-0.4, -0.2) is 25.2 Å². The Kier molecular flexibility index (Phi) is 4.92. The fraction of sp³-hybridized carbons (Fsp3) is 0.429. The Morgan fingerprint density at radius 3 is 2.21 bits per heavy atom. The third-order valence-electron chi connectivity index (χ3n) is 2.23. The van der Waals surface area contributed by atoms with Gasteiger partial charge < -0.3 is 14.2 Å². The molecule has 5 heteroatoms. The van der Waals surface area contributed by atoms with E-state index in [9.17, 15) is 9.59 Å². The summed E-state index contributed by atoms with van der Waals surface area (Å²) in [5, 5.41) is 0. The zero-order valence-corrected chi connectivity index (χ0v) is 11.5. The SMILES string of the molecule is COc1ccc(C(OC=O)C(=O)OC(C)(C)C)cc1. The van der Waals surface area contributed by atoms with E-state index in [-0.39, 0.29) is 6.47 Å². The van der Waals surface area contributed by atoms with Gasteiger partial charge in [-0.1, -0.05) is 12.1 Å². The van der Waals surface area contributed by atoms with Gasteiger partial charge in [-0.15, -0.1) is 0 Å². The summed E-state index contributed by atoms with van der Waals surface area (Å²) in [6.07, 6.45) is -1.07. The molecule has 1 rings (SSSR count). The van der Waals surface area contributed by atoms with Gasteiger partial charge in [0, 0.05) is 5.56 Å². The van der Waals surface area contributed by atoms with Gasteiger partial charge in [0.25, 0.3) is 6.47 Å². The minimum atomic E-state index is -1.07. The zero-order valence-electron chi connectivity index (χ0n) is 11.5. The second kappa shape index (κ2) is 6.22. The Morgan fingerprint density at radius 1 is 1.21 bits per heavy atom. The number of carbonyl (C=O) groups is 2. The van der Waals surface area contributed by atoms with Gasteiger partial charge in [-0.3, -0.25) is 4.79 Å². The van der Waals surface area contributed by atoms with Crippen LogP contribution in [0.5, 0.6) is 5.75 Å². The van der Waals surface area contributed by atoms with Crippen molar-refractivity contribution in [2.45, 2.75) is 32.5 Å². The molecule has 0 aromatic heterocycles. The lowest BCUT2D eigenvalue weighted by atomic mass is 10.1. The molecule has 0 spiro atoms. The van der Waals surface area contributed by atoms with Crippen LogP contribution in [0.1, 0.15) is 32.4 Å². The van der Waals surface area contributed by atoms with Crippen LogP contribution in [0.4, 0.5) is 0 Å². The molecule has 1 atom stereocenters. The van der Waals surface area contributed by atoms with Gasteiger partial charge in [0.1, 0.15) is 11.4 Å². The molecule has 0 aliphatic heterocycles. The normalized spacial score (nSPS) is 12.4. The molecule has 104 valence electrons. The Labute approximate surface area is 112 Å². The molecule has 0 amide bonds. The van der Waals surface area contributed by atoms with Crippen LogP contribution in [0.2, 0.25) is 0 Å². The zero-order chi connectivity index (χ0) is 14.5. The van der Waals surface area contributed by atoms with E-state index in [4.69, 9.17) is 14.2 Å². The first-order chi connectivity index (χ1) is 8.87. The fourth-order valence-corrected chi connectivity index (χ4v) is 1.46. The summed E-state index contributed by atoms with van der Waals surface area (Å²) in [6.45, 7) is 5.48. The van der Waals surface area contributed by atoms with E-state index in [1.54, 1.807) is 52.1 Å². The second-order valence-corrected chi connectivity index (χ2v) is 4.92. The van der Waals surface area contributed by atoms with Crippen molar-refractivity contribution in [1.82, 2.24) is 0 Å². The standard InChI is InChI=1S/C14H18O5/c1-14(2,3)19-13(16)12(18-9-15)10-5-7-11(17-4)8-6-10/h5-9,12H,1-4H3. The monoisotopic (exact) mass is 266 g/mol. The topological polar surface area (TPSA) is 61.8 Å². The number of hydrogen-bond donors (Lipinski definition) is 0. The number of carbonyl (C=O) groups excluding carboxylic acids is 2. The molecule has 0 saturated heterocycles. The van der Waals surface area contributed by atoms with E-state index in [0.717, 1.165) is 0 Å². The summed E-state index contributed by atoms with van der Waals surface area (Å²) >= 11 is 0. The molecule has 0 saturated carbocycles. The third kappa shape index (κ3) is 4.62. The maximum absolute atomic E-state index is 12.0. The van der Waals surface area contributed by atoms with Gasteiger partial charge in [0.15, 0.2) is 0 Å².